The van der Waals surface area contributed by atoms with Crippen molar-refractivity contribution < 1.29 is 23.1 Å². The van der Waals surface area contributed by atoms with E-state index in [1.807, 2.05) is 0 Å². The Morgan fingerprint density at radius 2 is 1.93 bits per heavy atom. The van der Waals surface area contributed by atoms with Crippen molar-refractivity contribution in [2.24, 2.45) is 0 Å². The molecule has 8 heteroatoms. The van der Waals surface area contributed by atoms with E-state index >= 15 is 0 Å². The summed E-state index contributed by atoms with van der Waals surface area (Å²) in [4.78, 5) is 21.4. The van der Waals surface area contributed by atoms with Gasteiger partial charge in [-0.05, 0) is 6.92 Å². The Balaban J connectivity index is 4.74. The summed E-state index contributed by atoms with van der Waals surface area (Å²) < 4.78 is 23.7. The van der Waals surface area contributed by atoms with Crippen LogP contribution in [0.2, 0.25) is 0 Å². The first-order valence-electron chi connectivity index (χ1n) is 4.12. The van der Waals surface area contributed by atoms with Crippen molar-refractivity contribution in [1.82, 2.24) is 9.62 Å². The maximum atomic E-state index is 11.5. The Hall–Kier alpha value is -1.15. The molecule has 15 heavy (non-hydrogen) atoms. The number of nitrogens with zero attached hydrogens (tertiary/aromatic N) is 1. The van der Waals surface area contributed by atoms with Gasteiger partial charge in [0, 0.05) is 14.1 Å². The third-order valence-corrected chi connectivity index (χ3v) is 3.97. The second kappa shape index (κ2) is 5.08. The van der Waals surface area contributed by atoms with Gasteiger partial charge in [0.1, 0.15) is 0 Å². The van der Waals surface area contributed by atoms with Gasteiger partial charge < -0.3 is 10.4 Å². The SMILES string of the molecule is CNC(=O)CN(C)S(=O)(=O)C(C)C(=O)O. The predicted molar refractivity (Wildman–Crippen MR) is 52.7 cm³/mol. The number of carbonyl (C=O) groups is 2. The van der Waals surface area contributed by atoms with E-state index in [-0.39, 0.29) is 0 Å². The lowest BCUT2D eigenvalue weighted by Gasteiger charge is -2.18. The van der Waals surface area contributed by atoms with Gasteiger partial charge >= 0.3 is 5.97 Å². The van der Waals surface area contributed by atoms with Crippen molar-refractivity contribution in [3.8, 4) is 0 Å². The minimum Gasteiger partial charge on any atom is -0.480 e. The van der Waals surface area contributed by atoms with E-state index in [4.69, 9.17) is 5.11 Å². The van der Waals surface area contributed by atoms with Crippen LogP contribution in [0, 0.1) is 0 Å². The molecule has 0 saturated carbocycles. The van der Waals surface area contributed by atoms with Gasteiger partial charge in [-0.1, -0.05) is 0 Å². The van der Waals surface area contributed by atoms with E-state index in [1.165, 1.54) is 7.05 Å². The standard InChI is InChI=1S/C7H14N2O5S/c1-5(7(11)12)15(13,14)9(3)4-6(10)8-2/h5H,4H2,1-3H3,(H,8,10)(H,11,12). The fourth-order valence-electron chi connectivity index (χ4n) is 0.769. The lowest BCUT2D eigenvalue weighted by molar-refractivity contribution is -0.136. The van der Waals surface area contributed by atoms with E-state index in [2.05, 4.69) is 5.32 Å². The normalized spacial score (nSPS) is 13.6. The number of sulfonamides is 1. The van der Waals surface area contributed by atoms with Crippen LogP contribution < -0.4 is 5.32 Å². The Bertz CT molecular complexity index is 350. The summed E-state index contributed by atoms with van der Waals surface area (Å²) in [7, 11) is -1.45. The van der Waals surface area contributed by atoms with Crippen molar-refractivity contribution in [3.05, 3.63) is 0 Å². The number of aliphatic carboxylic acids is 1. The fourth-order valence-corrected chi connectivity index (χ4v) is 1.86. The molecule has 0 aromatic rings. The minimum atomic E-state index is -3.97. The molecule has 1 atom stereocenters. The molecule has 0 spiro atoms. The summed E-state index contributed by atoms with van der Waals surface area (Å²) in [5.74, 6) is -1.95. The molecule has 0 fully saturated rings. The van der Waals surface area contributed by atoms with Crippen LogP contribution in [0.5, 0.6) is 0 Å². The van der Waals surface area contributed by atoms with Gasteiger partial charge in [0.05, 0.1) is 6.54 Å². The zero-order valence-corrected chi connectivity index (χ0v) is 9.54. The predicted octanol–water partition coefficient (Wildman–Crippen LogP) is -1.53. The molecule has 0 aliphatic heterocycles. The number of hydrogen-bond acceptors (Lipinski definition) is 4. The van der Waals surface area contributed by atoms with Crippen molar-refractivity contribution in [1.29, 1.82) is 0 Å². The second-order valence-electron chi connectivity index (χ2n) is 2.95. The average molecular weight is 238 g/mol. The molecule has 0 heterocycles. The number of carboxylic acid groups (broad SMARTS) is 1. The largest absolute Gasteiger partial charge is 0.480 e. The van der Waals surface area contributed by atoms with Gasteiger partial charge in [-0.25, -0.2) is 8.42 Å². The van der Waals surface area contributed by atoms with E-state index in [9.17, 15) is 18.0 Å². The number of rotatable bonds is 5. The Kier molecular flexibility index (Phi) is 4.69. The molecule has 0 rings (SSSR count). The molecular weight excluding hydrogens is 224 g/mol. The summed E-state index contributed by atoms with van der Waals surface area (Å²) >= 11 is 0. The summed E-state index contributed by atoms with van der Waals surface area (Å²) in [6.45, 7) is 0.661. The average Bonchev–Trinajstić information content (AvgIpc) is 2.15. The highest BCUT2D eigenvalue weighted by molar-refractivity contribution is 7.90. The van der Waals surface area contributed by atoms with E-state index < -0.39 is 33.7 Å². The van der Waals surface area contributed by atoms with E-state index in [0.717, 1.165) is 14.0 Å². The molecule has 0 radical (unpaired) electrons. The highest BCUT2D eigenvalue weighted by atomic mass is 32.2. The Morgan fingerprint density at radius 1 is 1.47 bits per heavy atom. The summed E-state index contributed by atoms with van der Waals surface area (Å²) in [6, 6.07) is 0. The summed E-state index contributed by atoms with van der Waals surface area (Å²) in [5, 5.41) is 9.23. The first-order valence-corrected chi connectivity index (χ1v) is 5.62. The van der Waals surface area contributed by atoms with Crippen LogP contribution in [-0.4, -0.2) is 55.6 Å². The molecule has 0 aromatic heterocycles. The van der Waals surface area contributed by atoms with Crippen LogP contribution >= 0.6 is 0 Å². The number of carbonyl (C=O) groups excluding carboxylic acids is 1. The highest BCUT2D eigenvalue weighted by Gasteiger charge is 2.32. The van der Waals surface area contributed by atoms with Crippen LogP contribution in [0.15, 0.2) is 0 Å². The lowest BCUT2D eigenvalue weighted by Crippen LogP contribution is -2.43. The number of amides is 1. The van der Waals surface area contributed by atoms with Gasteiger partial charge in [-0.2, -0.15) is 4.31 Å². The number of hydrogen-bond donors (Lipinski definition) is 2. The third kappa shape index (κ3) is 3.48. The molecule has 1 amide bonds. The number of nitrogens with one attached hydrogen (secondary N) is 1. The molecule has 0 aliphatic carbocycles. The minimum absolute atomic E-state index is 0.392. The van der Waals surface area contributed by atoms with Crippen molar-refractivity contribution in [2.45, 2.75) is 12.2 Å². The summed E-state index contributed by atoms with van der Waals surface area (Å²) in [6.07, 6.45) is 0. The third-order valence-electron chi connectivity index (χ3n) is 1.87. The molecule has 0 bridgehead atoms. The Morgan fingerprint density at radius 3 is 2.27 bits per heavy atom. The van der Waals surface area contributed by atoms with Gasteiger partial charge in [-0.3, -0.25) is 9.59 Å². The lowest BCUT2D eigenvalue weighted by atomic mass is 10.5. The maximum Gasteiger partial charge on any atom is 0.323 e. The topological polar surface area (TPSA) is 104 Å². The Labute approximate surface area is 88.1 Å². The molecule has 2 N–H and O–H groups in total. The molecular formula is C7H14N2O5S. The molecule has 0 aliphatic rings. The van der Waals surface area contributed by atoms with Crippen molar-refractivity contribution in [2.75, 3.05) is 20.6 Å². The van der Waals surface area contributed by atoms with Crippen LogP contribution in [0.4, 0.5) is 0 Å². The summed E-state index contributed by atoms with van der Waals surface area (Å²) in [5.41, 5.74) is 0. The number of likely N-dealkylation sites (N-methyl/N-ethyl adjacent to an activating group) is 2. The quantitative estimate of drug-likeness (QED) is 0.604. The van der Waals surface area contributed by atoms with Gasteiger partial charge in [0.15, 0.2) is 5.25 Å². The first-order chi connectivity index (χ1) is 6.73. The van der Waals surface area contributed by atoms with Crippen LogP contribution in [0.25, 0.3) is 0 Å². The van der Waals surface area contributed by atoms with E-state index in [1.54, 1.807) is 0 Å². The van der Waals surface area contributed by atoms with Gasteiger partial charge in [0.25, 0.3) is 0 Å². The van der Waals surface area contributed by atoms with Gasteiger partial charge in [-0.15, -0.1) is 0 Å². The zero-order chi connectivity index (χ0) is 12.2. The monoisotopic (exact) mass is 238 g/mol. The van der Waals surface area contributed by atoms with Gasteiger partial charge in [0.2, 0.25) is 15.9 Å². The van der Waals surface area contributed by atoms with Crippen molar-refractivity contribution >= 4 is 21.9 Å². The maximum absolute atomic E-state index is 11.5. The molecule has 88 valence electrons. The smallest absolute Gasteiger partial charge is 0.323 e. The molecule has 1 unspecified atom stereocenters. The molecule has 0 aromatic carbocycles. The first kappa shape index (κ1) is 13.8. The van der Waals surface area contributed by atoms with E-state index in [0.29, 0.717) is 4.31 Å². The van der Waals surface area contributed by atoms with Crippen LogP contribution in [-0.2, 0) is 19.6 Å². The molecule has 0 saturated heterocycles. The van der Waals surface area contributed by atoms with Crippen LogP contribution in [0.3, 0.4) is 0 Å². The zero-order valence-electron chi connectivity index (χ0n) is 8.72. The second-order valence-corrected chi connectivity index (χ2v) is 5.32. The number of carboxylic acids is 1. The highest BCUT2D eigenvalue weighted by Crippen LogP contribution is 2.06. The molecule has 7 nitrogen and oxygen atoms in total. The van der Waals surface area contributed by atoms with Crippen LogP contribution in [0.1, 0.15) is 6.92 Å². The van der Waals surface area contributed by atoms with Crippen molar-refractivity contribution in [3.63, 3.8) is 0 Å². The fraction of sp³-hybridized carbons (Fsp3) is 0.714.